The minimum absolute atomic E-state index is 0.319. The van der Waals surface area contributed by atoms with Crippen LogP contribution in [0.2, 0.25) is 0 Å². The van der Waals surface area contributed by atoms with Gasteiger partial charge in [-0.15, -0.1) is 0 Å². The van der Waals surface area contributed by atoms with Crippen LogP contribution in [0.3, 0.4) is 0 Å². The molecule has 1 aliphatic rings. The van der Waals surface area contributed by atoms with Crippen LogP contribution < -0.4 is 10.6 Å². The Morgan fingerprint density at radius 3 is 2.21 bits per heavy atom. The molecule has 0 saturated carbocycles. The fraction of sp³-hybridized carbons (Fsp3) is 0.800. The topological polar surface area (TPSA) is 87.7 Å². The summed E-state index contributed by atoms with van der Waals surface area (Å²) in [7, 11) is 0. The Labute approximate surface area is 107 Å². The molecule has 2 amide bonds. The van der Waals surface area contributed by atoms with E-state index in [1.54, 1.807) is 0 Å². The van der Waals surface area contributed by atoms with Crippen molar-refractivity contribution in [2.24, 2.45) is 0 Å². The van der Waals surface area contributed by atoms with Crippen molar-refractivity contribution in [2.75, 3.05) is 13.2 Å². The predicted molar refractivity (Wildman–Crippen MR) is 57.6 cm³/mol. The van der Waals surface area contributed by atoms with Gasteiger partial charge >= 0.3 is 18.2 Å². The van der Waals surface area contributed by atoms with E-state index in [0.29, 0.717) is 33.0 Å². The normalized spacial score (nSPS) is 20.4. The molecule has 0 aromatic rings. The number of halogens is 3. The molecular weight excluding hydrogens is 269 g/mol. The molecule has 1 saturated heterocycles. The molecule has 110 valence electrons. The summed E-state index contributed by atoms with van der Waals surface area (Å²) in [5.41, 5.74) is -3.32. The monoisotopic (exact) mass is 284 g/mol. The Hall–Kier alpha value is -1.51. The lowest BCUT2D eigenvalue weighted by molar-refractivity contribution is -0.203. The van der Waals surface area contributed by atoms with Crippen molar-refractivity contribution in [1.82, 2.24) is 10.6 Å². The smallest absolute Gasteiger partial charge is 0.422 e. The highest BCUT2D eigenvalue weighted by Crippen LogP contribution is 2.30. The van der Waals surface area contributed by atoms with E-state index < -0.39 is 23.7 Å². The molecule has 1 aliphatic heterocycles. The first kappa shape index (κ1) is 15.5. The summed E-state index contributed by atoms with van der Waals surface area (Å²) >= 11 is 0. The number of ether oxygens (including phenoxy) is 1. The van der Waals surface area contributed by atoms with Crippen molar-refractivity contribution >= 4 is 12.0 Å². The molecule has 0 aromatic carbocycles. The molecule has 1 rings (SSSR count). The highest BCUT2D eigenvalue weighted by Gasteiger charge is 2.58. The third kappa shape index (κ3) is 3.72. The third-order valence-corrected chi connectivity index (χ3v) is 2.91. The minimum Gasteiger partial charge on any atom is -0.479 e. The van der Waals surface area contributed by atoms with Crippen LogP contribution in [0.1, 0.15) is 19.8 Å². The molecule has 19 heavy (non-hydrogen) atoms. The summed E-state index contributed by atoms with van der Waals surface area (Å²) in [4.78, 5) is 22.2. The van der Waals surface area contributed by atoms with Crippen LogP contribution in [0.25, 0.3) is 0 Å². The molecule has 6 nitrogen and oxygen atoms in total. The fourth-order valence-corrected chi connectivity index (χ4v) is 1.54. The lowest BCUT2D eigenvalue weighted by atomic mass is 10.0. The van der Waals surface area contributed by atoms with Crippen LogP contribution in [0, 0.1) is 0 Å². The Kier molecular flexibility index (Phi) is 4.61. The second-order valence-corrected chi connectivity index (χ2v) is 4.41. The first-order chi connectivity index (χ1) is 8.67. The van der Waals surface area contributed by atoms with Crippen molar-refractivity contribution in [3.8, 4) is 0 Å². The van der Waals surface area contributed by atoms with Gasteiger partial charge in [-0.1, -0.05) is 0 Å². The second kappa shape index (κ2) is 5.64. The maximum atomic E-state index is 12.7. The van der Waals surface area contributed by atoms with Crippen molar-refractivity contribution < 1.29 is 32.6 Å². The molecule has 0 aromatic heterocycles. The first-order valence-corrected chi connectivity index (χ1v) is 5.63. The number of hydrogen-bond donors (Lipinski definition) is 3. The van der Waals surface area contributed by atoms with E-state index in [-0.39, 0.29) is 6.04 Å². The molecule has 0 aliphatic carbocycles. The highest BCUT2D eigenvalue weighted by molar-refractivity contribution is 5.86. The van der Waals surface area contributed by atoms with E-state index in [0.717, 1.165) is 0 Å². The van der Waals surface area contributed by atoms with Gasteiger partial charge in [0.1, 0.15) is 0 Å². The van der Waals surface area contributed by atoms with E-state index in [1.165, 1.54) is 5.32 Å². The predicted octanol–water partition coefficient (Wildman–Crippen LogP) is 0.870. The number of nitrogens with one attached hydrogen (secondary N) is 2. The average Bonchev–Trinajstić information content (AvgIpc) is 2.28. The Morgan fingerprint density at radius 1 is 1.26 bits per heavy atom. The molecule has 0 spiro atoms. The number of urea groups is 1. The number of amides is 2. The number of hydrogen-bond acceptors (Lipinski definition) is 3. The van der Waals surface area contributed by atoms with Crippen molar-refractivity contribution in [1.29, 1.82) is 0 Å². The van der Waals surface area contributed by atoms with Crippen molar-refractivity contribution in [3.05, 3.63) is 0 Å². The first-order valence-electron chi connectivity index (χ1n) is 5.63. The molecule has 0 radical (unpaired) electrons. The van der Waals surface area contributed by atoms with E-state index in [2.05, 4.69) is 5.32 Å². The zero-order valence-corrected chi connectivity index (χ0v) is 10.2. The SMILES string of the molecule is CC(NC(=O)NC1CCOCC1)(C(=O)O)C(F)(F)F. The van der Waals surface area contributed by atoms with E-state index in [4.69, 9.17) is 9.84 Å². The fourth-order valence-electron chi connectivity index (χ4n) is 1.54. The Morgan fingerprint density at radius 2 is 1.79 bits per heavy atom. The lowest BCUT2D eigenvalue weighted by Crippen LogP contribution is -2.64. The second-order valence-electron chi connectivity index (χ2n) is 4.41. The highest BCUT2D eigenvalue weighted by atomic mass is 19.4. The number of aliphatic carboxylic acids is 1. The quantitative estimate of drug-likeness (QED) is 0.717. The molecule has 1 heterocycles. The van der Waals surface area contributed by atoms with Gasteiger partial charge in [-0.05, 0) is 19.8 Å². The number of alkyl halides is 3. The van der Waals surface area contributed by atoms with Gasteiger partial charge in [-0.2, -0.15) is 13.2 Å². The Balaban J connectivity index is 2.64. The maximum Gasteiger partial charge on any atom is 0.422 e. The van der Waals surface area contributed by atoms with E-state index >= 15 is 0 Å². The summed E-state index contributed by atoms with van der Waals surface area (Å²) in [6.45, 7) is 1.21. The van der Waals surface area contributed by atoms with Crippen LogP contribution in [-0.4, -0.2) is 48.1 Å². The average molecular weight is 284 g/mol. The van der Waals surface area contributed by atoms with Crippen molar-refractivity contribution in [3.63, 3.8) is 0 Å². The molecule has 1 fully saturated rings. The van der Waals surface area contributed by atoms with Crippen molar-refractivity contribution in [2.45, 2.75) is 37.5 Å². The molecular formula is C10H15F3N2O4. The summed E-state index contributed by atoms with van der Waals surface area (Å²) < 4.78 is 43.0. The van der Waals surface area contributed by atoms with Gasteiger partial charge < -0.3 is 20.5 Å². The number of rotatable bonds is 3. The van der Waals surface area contributed by atoms with Gasteiger partial charge in [0.2, 0.25) is 5.54 Å². The summed E-state index contributed by atoms with van der Waals surface area (Å²) in [6, 6.07) is -1.48. The maximum absolute atomic E-state index is 12.7. The van der Waals surface area contributed by atoms with Crippen LogP contribution >= 0.6 is 0 Å². The van der Waals surface area contributed by atoms with Crippen LogP contribution in [0.5, 0.6) is 0 Å². The van der Waals surface area contributed by atoms with Gasteiger partial charge in [0, 0.05) is 19.3 Å². The zero-order valence-electron chi connectivity index (χ0n) is 10.2. The van der Waals surface area contributed by atoms with Gasteiger partial charge in [0.25, 0.3) is 0 Å². The van der Waals surface area contributed by atoms with Gasteiger partial charge in [-0.3, -0.25) is 0 Å². The van der Waals surface area contributed by atoms with Crippen LogP contribution in [0.15, 0.2) is 0 Å². The third-order valence-electron chi connectivity index (χ3n) is 2.91. The minimum atomic E-state index is -5.09. The standard InChI is InChI=1S/C10H15F3N2O4/c1-9(7(16)17,10(11,12)13)15-8(18)14-6-2-4-19-5-3-6/h6H,2-5H2,1H3,(H,16,17)(H2,14,15,18). The molecule has 1 unspecified atom stereocenters. The summed E-state index contributed by atoms with van der Waals surface area (Å²) in [6.07, 6.45) is -4.14. The molecule has 9 heteroatoms. The van der Waals surface area contributed by atoms with Gasteiger partial charge in [-0.25, -0.2) is 9.59 Å². The summed E-state index contributed by atoms with van der Waals surface area (Å²) in [5.74, 6) is -2.16. The van der Waals surface area contributed by atoms with Crippen LogP contribution in [-0.2, 0) is 9.53 Å². The lowest BCUT2D eigenvalue weighted by Gasteiger charge is -2.30. The molecule has 0 bridgehead atoms. The van der Waals surface area contributed by atoms with Gasteiger partial charge in [0.15, 0.2) is 0 Å². The van der Waals surface area contributed by atoms with E-state index in [1.807, 2.05) is 0 Å². The number of carboxylic acid groups (broad SMARTS) is 1. The molecule has 1 atom stereocenters. The zero-order chi connectivity index (χ0) is 14.7. The van der Waals surface area contributed by atoms with Gasteiger partial charge in [0.05, 0.1) is 0 Å². The number of carbonyl (C=O) groups is 2. The molecule has 3 N–H and O–H groups in total. The number of carboxylic acids is 1. The van der Waals surface area contributed by atoms with Crippen LogP contribution in [0.4, 0.5) is 18.0 Å². The number of carbonyl (C=O) groups excluding carboxylic acids is 1. The Bertz CT molecular complexity index is 355. The summed E-state index contributed by atoms with van der Waals surface area (Å²) in [5, 5.41) is 12.4. The van der Waals surface area contributed by atoms with E-state index in [9.17, 15) is 22.8 Å². The largest absolute Gasteiger partial charge is 0.479 e.